The second-order valence-corrected chi connectivity index (χ2v) is 9.58. The molecular weight excluding hydrogens is 476 g/mol. The molecule has 2 amide bonds. The van der Waals surface area contributed by atoms with Crippen LogP contribution in [0, 0.1) is 0 Å². The molecule has 1 atom stereocenters. The molecule has 0 unspecified atom stereocenters. The molecule has 2 aromatic rings. The van der Waals surface area contributed by atoms with Crippen molar-refractivity contribution in [1.29, 1.82) is 0 Å². The number of hydrogen-bond acceptors (Lipinski definition) is 4. The fourth-order valence-electron chi connectivity index (χ4n) is 4.73. The molecule has 6 nitrogen and oxygen atoms in total. The third kappa shape index (κ3) is 7.89. The van der Waals surface area contributed by atoms with Crippen LogP contribution in [0.5, 0.6) is 11.5 Å². The number of nitrogens with one attached hydrogen (secondary N) is 1. The number of halogens is 1. The number of ether oxygens (including phenoxy) is 2. The van der Waals surface area contributed by atoms with Gasteiger partial charge < -0.3 is 19.7 Å². The Bertz CT molecular complexity index is 961. The van der Waals surface area contributed by atoms with Crippen molar-refractivity contribution in [3.63, 3.8) is 0 Å². The number of nitrogens with zero attached hydrogens (tertiary/aromatic N) is 1. The molecule has 0 saturated heterocycles. The van der Waals surface area contributed by atoms with E-state index in [1.165, 1.54) is 12.8 Å². The van der Waals surface area contributed by atoms with Gasteiger partial charge in [0.25, 0.3) is 0 Å². The maximum atomic E-state index is 13.8. The molecule has 1 N–H and O–H groups in total. The number of carbonyl (C=O) groups is 2. The van der Waals surface area contributed by atoms with Crippen LogP contribution in [-0.2, 0) is 16.0 Å². The van der Waals surface area contributed by atoms with Gasteiger partial charge in [-0.25, -0.2) is 0 Å². The zero-order valence-electron chi connectivity index (χ0n) is 21.5. The summed E-state index contributed by atoms with van der Waals surface area (Å²) in [7, 11) is 1.58. The van der Waals surface area contributed by atoms with E-state index in [1.54, 1.807) is 18.1 Å². The van der Waals surface area contributed by atoms with Gasteiger partial charge in [-0.3, -0.25) is 9.59 Å². The lowest BCUT2D eigenvalue weighted by Crippen LogP contribution is -2.47. The van der Waals surface area contributed by atoms with Gasteiger partial charge in [0.1, 0.15) is 11.9 Å². The summed E-state index contributed by atoms with van der Waals surface area (Å²) in [6, 6.07) is 14.7. The Kier molecular flexibility index (Phi) is 11.4. The van der Waals surface area contributed by atoms with E-state index in [9.17, 15) is 9.59 Å². The van der Waals surface area contributed by atoms with Gasteiger partial charge in [0, 0.05) is 12.6 Å². The normalized spacial score (nSPS) is 15.0. The molecule has 0 aliphatic heterocycles. The number of rotatable bonds is 12. The second-order valence-electron chi connectivity index (χ2n) is 9.31. The number of methoxy groups -OCH3 is 1. The summed E-state index contributed by atoms with van der Waals surface area (Å²) in [5, 5.41) is 3.25. The van der Waals surface area contributed by atoms with Crippen LogP contribution in [0.15, 0.2) is 48.5 Å². The van der Waals surface area contributed by atoms with E-state index in [4.69, 9.17) is 21.1 Å². The molecule has 196 valence electrons. The lowest BCUT2D eigenvalue weighted by molar-refractivity contribution is -0.139. The van der Waals surface area contributed by atoms with Gasteiger partial charge in [0.15, 0.2) is 11.5 Å². The van der Waals surface area contributed by atoms with Gasteiger partial charge in [-0.15, -0.1) is 11.6 Å². The van der Waals surface area contributed by atoms with E-state index in [-0.39, 0.29) is 23.7 Å². The van der Waals surface area contributed by atoms with Crippen molar-refractivity contribution >= 4 is 23.4 Å². The average Bonchev–Trinajstić information content (AvgIpc) is 3.18. The van der Waals surface area contributed by atoms with Crippen LogP contribution >= 0.6 is 11.6 Å². The highest BCUT2D eigenvalue weighted by molar-refractivity contribution is 6.27. The van der Waals surface area contributed by atoms with Gasteiger partial charge in [0.2, 0.25) is 11.8 Å². The van der Waals surface area contributed by atoms with Gasteiger partial charge >= 0.3 is 0 Å². The van der Waals surface area contributed by atoms with Crippen LogP contribution in [0.3, 0.4) is 0 Å². The van der Waals surface area contributed by atoms with Crippen molar-refractivity contribution < 1.29 is 19.1 Å². The number of benzene rings is 2. The molecule has 1 aliphatic carbocycles. The van der Waals surface area contributed by atoms with Crippen molar-refractivity contribution in [2.24, 2.45) is 0 Å². The molecule has 0 spiro atoms. The number of hydrogen-bond donors (Lipinski definition) is 1. The molecule has 0 heterocycles. The first-order valence-electron chi connectivity index (χ1n) is 13.1. The molecule has 2 aromatic carbocycles. The standard InChI is InChI=1S/C29H39ClN2O4/c1-3-19-36-25-16-15-23(20-26(25)35-2)28(29(34)31-24-13-9-4-5-10-14-24)32(27(33)21-30)18-17-22-11-7-6-8-12-22/h6-8,11-12,15-16,20,24,28H,3-5,9-10,13-14,17-19,21H2,1-2H3,(H,31,34)/t28-/m1/s1. The molecule has 1 saturated carbocycles. The van der Waals surface area contributed by atoms with Gasteiger partial charge in [-0.1, -0.05) is 69.0 Å². The fraction of sp³-hybridized carbons (Fsp3) is 0.517. The van der Waals surface area contributed by atoms with Crippen molar-refractivity contribution in [2.45, 2.75) is 70.4 Å². The highest BCUT2D eigenvalue weighted by Crippen LogP contribution is 2.33. The maximum Gasteiger partial charge on any atom is 0.247 e. The van der Waals surface area contributed by atoms with Crippen LogP contribution in [0.1, 0.15) is 69.0 Å². The van der Waals surface area contributed by atoms with Crippen LogP contribution in [0.2, 0.25) is 0 Å². The Morgan fingerprint density at radius 3 is 2.42 bits per heavy atom. The lowest BCUT2D eigenvalue weighted by Gasteiger charge is -2.32. The van der Waals surface area contributed by atoms with Gasteiger partial charge in [0.05, 0.1) is 13.7 Å². The molecule has 0 radical (unpaired) electrons. The van der Waals surface area contributed by atoms with Gasteiger partial charge in [-0.2, -0.15) is 0 Å². The minimum Gasteiger partial charge on any atom is -0.493 e. The predicted molar refractivity (Wildman–Crippen MR) is 144 cm³/mol. The van der Waals surface area contributed by atoms with Crippen LogP contribution in [0.25, 0.3) is 0 Å². The Morgan fingerprint density at radius 2 is 1.78 bits per heavy atom. The summed E-state index contributed by atoms with van der Waals surface area (Å²) < 4.78 is 11.4. The Hall–Kier alpha value is -2.73. The van der Waals surface area contributed by atoms with Crippen LogP contribution in [-0.4, -0.2) is 48.9 Å². The lowest BCUT2D eigenvalue weighted by atomic mass is 10.0. The van der Waals surface area contributed by atoms with Crippen molar-refractivity contribution in [1.82, 2.24) is 10.2 Å². The SMILES string of the molecule is CCCOc1ccc([C@H](C(=O)NC2CCCCCC2)N(CCc2ccccc2)C(=O)CCl)cc1OC. The number of carbonyl (C=O) groups excluding carboxylic acids is 2. The minimum absolute atomic E-state index is 0.110. The minimum atomic E-state index is -0.822. The van der Waals surface area contributed by atoms with Crippen molar-refractivity contribution in [3.8, 4) is 11.5 Å². The maximum absolute atomic E-state index is 13.8. The first-order chi connectivity index (χ1) is 17.6. The molecular formula is C29H39ClN2O4. The average molecular weight is 515 g/mol. The van der Waals surface area contributed by atoms with Crippen LogP contribution in [0.4, 0.5) is 0 Å². The monoisotopic (exact) mass is 514 g/mol. The quantitative estimate of drug-likeness (QED) is 0.292. The molecule has 1 aliphatic rings. The molecule has 1 fully saturated rings. The fourth-order valence-corrected chi connectivity index (χ4v) is 4.88. The van der Waals surface area contributed by atoms with Crippen molar-refractivity contribution in [2.75, 3.05) is 26.1 Å². The first kappa shape index (κ1) is 27.9. The molecule has 7 heteroatoms. The van der Waals surface area contributed by atoms with E-state index in [2.05, 4.69) is 5.32 Å². The number of alkyl halides is 1. The summed E-state index contributed by atoms with van der Waals surface area (Å²) in [6.45, 7) is 2.97. The van der Waals surface area contributed by atoms with E-state index < -0.39 is 6.04 Å². The van der Waals surface area contributed by atoms with E-state index in [0.717, 1.165) is 37.7 Å². The third-order valence-corrected chi connectivity index (χ3v) is 6.87. The molecule has 3 rings (SSSR count). The second kappa shape index (κ2) is 14.7. The molecule has 0 bridgehead atoms. The smallest absolute Gasteiger partial charge is 0.247 e. The number of amides is 2. The Balaban J connectivity index is 1.94. The van der Waals surface area contributed by atoms with E-state index >= 15 is 0 Å². The largest absolute Gasteiger partial charge is 0.493 e. The predicted octanol–water partition coefficient (Wildman–Crippen LogP) is 5.67. The summed E-state index contributed by atoms with van der Waals surface area (Å²) in [4.78, 5) is 28.6. The highest BCUT2D eigenvalue weighted by atomic mass is 35.5. The first-order valence-corrected chi connectivity index (χ1v) is 13.6. The molecule has 0 aromatic heterocycles. The van der Waals surface area contributed by atoms with Crippen LogP contribution < -0.4 is 14.8 Å². The summed E-state index contributed by atoms with van der Waals surface area (Å²) >= 11 is 6.05. The molecule has 36 heavy (non-hydrogen) atoms. The third-order valence-electron chi connectivity index (χ3n) is 6.65. The Labute approximate surface area is 220 Å². The van der Waals surface area contributed by atoms with Gasteiger partial charge in [-0.05, 0) is 48.9 Å². The zero-order valence-corrected chi connectivity index (χ0v) is 22.3. The zero-order chi connectivity index (χ0) is 25.8. The Morgan fingerprint density at radius 1 is 1.06 bits per heavy atom. The summed E-state index contributed by atoms with van der Waals surface area (Å²) in [6.07, 6.45) is 8.00. The van der Waals surface area contributed by atoms with Crippen molar-refractivity contribution in [3.05, 3.63) is 59.7 Å². The summed E-state index contributed by atoms with van der Waals surface area (Å²) in [5.41, 5.74) is 1.77. The topological polar surface area (TPSA) is 67.9 Å². The summed E-state index contributed by atoms with van der Waals surface area (Å²) in [5.74, 6) is 0.494. The highest BCUT2D eigenvalue weighted by Gasteiger charge is 2.33. The van der Waals surface area contributed by atoms with E-state index in [1.807, 2.05) is 49.4 Å². The van der Waals surface area contributed by atoms with E-state index in [0.29, 0.717) is 36.6 Å².